The number of rotatable bonds is 7. The van der Waals surface area contributed by atoms with Gasteiger partial charge in [0.1, 0.15) is 5.75 Å². The zero-order valence-corrected chi connectivity index (χ0v) is 17.9. The van der Waals surface area contributed by atoms with E-state index in [1.54, 1.807) is 6.92 Å². The molecular weight excluding hydrogens is 388 g/mol. The van der Waals surface area contributed by atoms with Gasteiger partial charge >= 0.3 is 0 Å². The largest absolute Gasteiger partial charge is 0.496 e. The summed E-state index contributed by atoms with van der Waals surface area (Å²) in [5, 5.41) is 2.68. The number of hydrogen-bond acceptors (Lipinski definition) is 4. The van der Waals surface area contributed by atoms with Gasteiger partial charge in [-0.2, -0.15) is 0 Å². The van der Waals surface area contributed by atoms with Gasteiger partial charge in [-0.25, -0.2) is 13.1 Å². The lowest BCUT2D eigenvalue weighted by Crippen LogP contribution is -2.28. The quantitative estimate of drug-likeness (QED) is 0.725. The Labute approximate surface area is 172 Å². The van der Waals surface area contributed by atoms with E-state index >= 15 is 0 Å². The number of carbonyl (C=O) groups is 1. The van der Waals surface area contributed by atoms with Crippen LogP contribution in [0.1, 0.15) is 59.8 Å². The second-order valence-corrected chi connectivity index (χ2v) is 9.01. The van der Waals surface area contributed by atoms with E-state index in [4.69, 9.17) is 4.74 Å². The zero-order valence-electron chi connectivity index (χ0n) is 17.1. The lowest BCUT2D eigenvalue weighted by atomic mass is 9.89. The molecule has 0 radical (unpaired) electrons. The molecule has 3 rings (SSSR count). The van der Waals surface area contributed by atoms with Crippen molar-refractivity contribution in [3.8, 4) is 5.75 Å². The number of benzene rings is 2. The van der Waals surface area contributed by atoms with E-state index in [1.807, 2.05) is 13.0 Å². The van der Waals surface area contributed by atoms with E-state index in [9.17, 15) is 13.2 Å². The van der Waals surface area contributed by atoms with Crippen LogP contribution in [0.3, 0.4) is 0 Å². The number of nitrogens with one attached hydrogen (secondary N) is 2. The molecule has 29 heavy (non-hydrogen) atoms. The van der Waals surface area contributed by atoms with Gasteiger partial charge in [-0.15, -0.1) is 0 Å². The van der Waals surface area contributed by atoms with Crippen LogP contribution < -0.4 is 14.8 Å². The molecule has 0 bridgehead atoms. The van der Waals surface area contributed by atoms with Gasteiger partial charge < -0.3 is 10.1 Å². The van der Waals surface area contributed by atoms with Crippen molar-refractivity contribution in [3.63, 3.8) is 0 Å². The predicted octanol–water partition coefficient (Wildman–Crippen LogP) is 3.36. The minimum Gasteiger partial charge on any atom is -0.496 e. The minimum atomic E-state index is -3.81. The molecule has 0 aromatic heterocycles. The van der Waals surface area contributed by atoms with Crippen LogP contribution in [0, 0.1) is 0 Å². The average Bonchev–Trinajstić information content (AvgIpc) is 2.72. The molecule has 156 valence electrons. The Balaban J connectivity index is 1.85. The van der Waals surface area contributed by atoms with Crippen LogP contribution in [-0.4, -0.2) is 28.0 Å². The van der Waals surface area contributed by atoms with Crippen LogP contribution in [-0.2, 0) is 22.9 Å². The molecule has 2 N–H and O–H groups in total. The number of sulfonamides is 1. The Morgan fingerprint density at radius 3 is 2.52 bits per heavy atom. The summed E-state index contributed by atoms with van der Waals surface area (Å²) in [6.45, 7) is 4.07. The molecular formula is C22H28N2O4S. The first-order valence-corrected chi connectivity index (χ1v) is 11.4. The van der Waals surface area contributed by atoms with Gasteiger partial charge in [0.05, 0.1) is 17.6 Å². The first kappa shape index (κ1) is 21.3. The first-order chi connectivity index (χ1) is 13.9. The topological polar surface area (TPSA) is 84.5 Å². The normalized spacial score (nSPS) is 14.7. The molecule has 1 atom stereocenters. The second kappa shape index (κ2) is 8.97. The van der Waals surface area contributed by atoms with Crippen molar-refractivity contribution >= 4 is 15.9 Å². The average molecular weight is 417 g/mol. The lowest BCUT2D eigenvalue weighted by molar-refractivity contribution is 0.0952. The van der Waals surface area contributed by atoms with E-state index in [0.29, 0.717) is 12.3 Å². The van der Waals surface area contributed by atoms with E-state index < -0.39 is 10.0 Å². The van der Waals surface area contributed by atoms with Gasteiger partial charge in [-0.1, -0.05) is 18.2 Å². The summed E-state index contributed by atoms with van der Waals surface area (Å²) < 4.78 is 33.8. The monoisotopic (exact) mass is 416 g/mol. The highest BCUT2D eigenvalue weighted by molar-refractivity contribution is 7.89. The molecule has 1 aliphatic carbocycles. The molecule has 2 aromatic rings. The van der Waals surface area contributed by atoms with Crippen molar-refractivity contribution in [2.75, 3.05) is 13.7 Å². The highest BCUT2D eigenvalue weighted by atomic mass is 32.2. The summed E-state index contributed by atoms with van der Waals surface area (Å²) in [7, 11) is -2.36. The van der Waals surface area contributed by atoms with E-state index in [0.717, 1.165) is 18.4 Å². The third-order valence-corrected chi connectivity index (χ3v) is 6.81. The number of amides is 1. The SMILES string of the molecule is CCNC(=O)c1cc(S(=O)(=O)N[C@@H](C)c2ccc3c(c2)CCCC3)ccc1OC. The van der Waals surface area contributed by atoms with E-state index in [1.165, 1.54) is 49.3 Å². The summed E-state index contributed by atoms with van der Waals surface area (Å²) in [6, 6.07) is 10.1. The van der Waals surface area contributed by atoms with Crippen molar-refractivity contribution in [3.05, 3.63) is 58.7 Å². The molecule has 0 fully saturated rings. The molecule has 0 saturated carbocycles. The Morgan fingerprint density at radius 2 is 1.83 bits per heavy atom. The molecule has 7 heteroatoms. The van der Waals surface area contributed by atoms with Crippen LogP contribution >= 0.6 is 0 Å². The Kier molecular flexibility index (Phi) is 6.59. The van der Waals surface area contributed by atoms with E-state index in [-0.39, 0.29) is 22.4 Å². The standard InChI is InChI=1S/C22H28N2O4S/c1-4-23-22(25)20-14-19(11-12-21(20)28-3)29(26,27)24-15(2)17-10-9-16-7-5-6-8-18(16)13-17/h9-15,24H,4-8H2,1-3H3,(H,23,25)/t15-/m0/s1. The van der Waals surface area contributed by atoms with Crippen LogP contribution in [0.5, 0.6) is 5.75 Å². The fraction of sp³-hybridized carbons (Fsp3) is 0.409. The smallest absolute Gasteiger partial charge is 0.255 e. The summed E-state index contributed by atoms with van der Waals surface area (Å²) >= 11 is 0. The fourth-order valence-corrected chi connectivity index (χ4v) is 4.94. The third-order valence-electron chi connectivity index (χ3n) is 5.27. The van der Waals surface area contributed by atoms with Crippen LogP contribution in [0.4, 0.5) is 0 Å². The number of aryl methyl sites for hydroxylation is 2. The van der Waals surface area contributed by atoms with Crippen LogP contribution in [0.2, 0.25) is 0 Å². The summed E-state index contributed by atoms with van der Waals surface area (Å²) in [5.74, 6) is -0.0400. The van der Waals surface area contributed by atoms with Crippen LogP contribution in [0.25, 0.3) is 0 Å². The molecule has 1 aliphatic rings. The zero-order chi connectivity index (χ0) is 21.0. The van der Waals surface area contributed by atoms with Gasteiger partial charge in [0, 0.05) is 12.6 Å². The Hall–Kier alpha value is -2.38. The van der Waals surface area contributed by atoms with Crippen molar-refractivity contribution in [1.29, 1.82) is 0 Å². The lowest BCUT2D eigenvalue weighted by Gasteiger charge is -2.20. The minimum absolute atomic E-state index is 0.0318. The predicted molar refractivity (Wildman–Crippen MR) is 113 cm³/mol. The fourth-order valence-electron chi connectivity index (χ4n) is 3.68. The highest BCUT2D eigenvalue weighted by Gasteiger charge is 2.22. The van der Waals surface area contributed by atoms with Crippen molar-refractivity contribution < 1.29 is 17.9 Å². The van der Waals surface area contributed by atoms with Crippen molar-refractivity contribution in [2.45, 2.75) is 50.5 Å². The molecule has 0 saturated heterocycles. The molecule has 1 amide bonds. The summed E-state index contributed by atoms with van der Waals surface area (Å²) in [4.78, 5) is 12.3. The molecule has 0 unspecified atom stereocenters. The highest BCUT2D eigenvalue weighted by Crippen LogP contribution is 2.27. The second-order valence-electron chi connectivity index (χ2n) is 7.30. The Morgan fingerprint density at radius 1 is 1.10 bits per heavy atom. The maximum absolute atomic E-state index is 13.0. The van der Waals surface area contributed by atoms with E-state index in [2.05, 4.69) is 22.2 Å². The molecule has 2 aromatic carbocycles. The number of fused-ring (bicyclic) bond motifs is 1. The van der Waals surface area contributed by atoms with Gasteiger partial charge in [0.2, 0.25) is 10.0 Å². The molecule has 0 spiro atoms. The first-order valence-electron chi connectivity index (χ1n) is 9.96. The molecule has 6 nitrogen and oxygen atoms in total. The number of carbonyl (C=O) groups excluding carboxylic acids is 1. The maximum Gasteiger partial charge on any atom is 0.255 e. The molecule has 0 aliphatic heterocycles. The number of ether oxygens (including phenoxy) is 1. The number of methoxy groups -OCH3 is 1. The van der Waals surface area contributed by atoms with Crippen molar-refractivity contribution in [2.24, 2.45) is 0 Å². The summed E-state index contributed by atoms with van der Waals surface area (Å²) in [6.07, 6.45) is 4.51. The van der Waals surface area contributed by atoms with Crippen molar-refractivity contribution in [1.82, 2.24) is 10.0 Å². The Bertz CT molecular complexity index is 1000. The summed E-state index contributed by atoms with van der Waals surface area (Å²) in [5.41, 5.74) is 3.80. The number of hydrogen-bond donors (Lipinski definition) is 2. The van der Waals surface area contributed by atoms with Gasteiger partial charge in [-0.3, -0.25) is 4.79 Å². The van der Waals surface area contributed by atoms with Gasteiger partial charge in [-0.05, 0) is 74.4 Å². The molecule has 0 heterocycles. The van der Waals surface area contributed by atoms with Crippen LogP contribution in [0.15, 0.2) is 41.3 Å². The van der Waals surface area contributed by atoms with Gasteiger partial charge in [0.25, 0.3) is 5.91 Å². The maximum atomic E-state index is 13.0. The van der Waals surface area contributed by atoms with Gasteiger partial charge in [0.15, 0.2) is 0 Å². The third kappa shape index (κ3) is 4.79.